The Morgan fingerprint density at radius 3 is 1.13 bits per heavy atom. The first-order chi connectivity index (χ1) is 15.2. The van der Waals surface area contributed by atoms with Crippen LogP contribution in [0.15, 0.2) is 12.2 Å². The monoisotopic (exact) mass is 435 g/mol. The molecule has 0 fully saturated rings. The van der Waals surface area contributed by atoms with Crippen molar-refractivity contribution >= 4 is 0 Å². The fourth-order valence-electron chi connectivity index (χ4n) is 4.63. The first kappa shape index (κ1) is 30.7. The molecule has 0 aliphatic rings. The van der Waals surface area contributed by atoms with Crippen LogP contribution in [0.5, 0.6) is 0 Å². The van der Waals surface area contributed by atoms with Crippen molar-refractivity contribution in [1.29, 1.82) is 0 Å². The lowest BCUT2D eigenvalue weighted by Crippen LogP contribution is -2.27. The topological polar surface area (TPSA) is 3.24 Å². The van der Waals surface area contributed by atoms with Gasteiger partial charge in [-0.15, -0.1) is 0 Å². The summed E-state index contributed by atoms with van der Waals surface area (Å²) in [7, 11) is 4.56. The SMILES string of the molecule is CCCCCCCC/C=C\CCCCCCCCCC(CCCCCCCC)N(C)C. The number of unbranched alkanes of at least 4 members (excludes halogenated alkanes) is 18. The Kier molecular flexibility index (Phi) is 25.7. The lowest BCUT2D eigenvalue weighted by atomic mass is 9.99. The van der Waals surface area contributed by atoms with E-state index in [1.807, 2.05) is 0 Å². The number of hydrogen-bond donors (Lipinski definition) is 0. The van der Waals surface area contributed by atoms with E-state index < -0.39 is 0 Å². The summed E-state index contributed by atoms with van der Waals surface area (Å²) < 4.78 is 0. The number of rotatable bonds is 25. The van der Waals surface area contributed by atoms with Crippen LogP contribution in [0.1, 0.15) is 162 Å². The van der Waals surface area contributed by atoms with Gasteiger partial charge in [0, 0.05) is 6.04 Å². The standard InChI is InChI=1S/C30H61N/c1-5-7-9-11-13-14-15-16-17-18-19-20-21-22-23-25-27-29-30(31(3)4)28-26-24-12-10-8-6-2/h16-17,30H,5-15,18-29H2,1-4H3/b17-16-. The summed E-state index contributed by atoms with van der Waals surface area (Å²) in [5.41, 5.74) is 0. The van der Waals surface area contributed by atoms with Crippen LogP contribution < -0.4 is 0 Å². The first-order valence-electron chi connectivity index (χ1n) is 14.5. The van der Waals surface area contributed by atoms with Gasteiger partial charge in [-0.05, 0) is 52.6 Å². The fourth-order valence-corrected chi connectivity index (χ4v) is 4.63. The molecule has 0 aromatic rings. The zero-order chi connectivity index (χ0) is 22.8. The fraction of sp³-hybridized carbons (Fsp3) is 0.933. The minimum atomic E-state index is 0.814. The number of allylic oxidation sites excluding steroid dienone is 2. The van der Waals surface area contributed by atoms with Crippen LogP contribution in [-0.2, 0) is 0 Å². The Bertz CT molecular complexity index is 346. The average Bonchev–Trinajstić information content (AvgIpc) is 2.76. The second kappa shape index (κ2) is 26.0. The maximum atomic E-state index is 2.48. The maximum absolute atomic E-state index is 2.48. The minimum absolute atomic E-state index is 0.814. The van der Waals surface area contributed by atoms with E-state index in [9.17, 15) is 0 Å². The molecule has 0 saturated heterocycles. The second-order valence-corrected chi connectivity index (χ2v) is 10.3. The van der Waals surface area contributed by atoms with E-state index in [0.717, 1.165) is 6.04 Å². The largest absolute Gasteiger partial charge is 0.306 e. The van der Waals surface area contributed by atoms with Crippen molar-refractivity contribution in [2.45, 2.75) is 168 Å². The normalized spacial score (nSPS) is 12.9. The molecule has 0 N–H and O–H groups in total. The zero-order valence-corrected chi connectivity index (χ0v) is 22.4. The van der Waals surface area contributed by atoms with Gasteiger partial charge in [0.1, 0.15) is 0 Å². The van der Waals surface area contributed by atoms with Crippen LogP contribution in [0.4, 0.5) is 0 Å². The van der Waals surface area contributed by atoms with Gasteiger partial charge in [-0.1, -0.05) is 135 Å². The lowest BCUT2D eigenvalue weighted by Gasteiger charge is -2.24. The Labute approximate surface area is 198 Å². The van der Waals surface area contributed by atoms with Crippen LogP contribution in [0.3, 0.4) is 0 Å². The van der Waals surface area contributed by atoms with Crippen molar-refractivity contribution in [2.24, 2.45) is 0 Å². The van der Waals surface area contributed by atoms with Crippen molar-refractivity contribution in [3.63, 3.8) is 0 Å². The van der Waals surface area contributed by atoms with E-state index >= 15 is 0 Å². The third kappa shape index (κ3) is 24.2. The van der Waals surface area contributed by atoms with E-state index in [-0.39, 0.29) is 0 Å². The van der Waals surface area contributed by atoms with Gasteiger partial charge in [-0.25, -0.2) is 0 Å². The summed E-state index contributed by atoms with van der Waals surface area (Å²) >= 11 is 0. The molecule has 0 amide bonds. The highest BCUT2D eigenvalue weighted by atomic mass is 15.1. The summed E-state index contributed by atoms with van der Waals surface area (Å²) in [5.74, 6) is 0. The van der Waals surface area contributed by atoms with Gasteiger partial charge in [-0.3, -0.25) is 0 Å². The van der Waals surface area contributed by atoms with E-state index in [1.165, 1.54) is 148 Å². The first-order valence-corrected chi connectivity index (χ1v) is 14.5. The third-order valence-electron chi connectivity index (χ3n) is 6.92. The van der Waals surface area contributed by atoms with Crippen molar-refractivity contribution in [3.8, 4) is 0 Å². The molecule has 0 spiro atoms. The molecule has 186 valence electrons. The number of nitrogens with zero attached hydrogens (tertiary/aromatic N) is 1. The molecule has 0 saturated carbocycles. The molecule has 0 radical (unpaired) electrons. The minimum Gasteiger partial charge on any atom is -0.306 e. The van der Waals surface area contributed by atoms with Gasteiger partial charge >= 0.3 is 0 Å². The van der Waals surface area contributed by atoms with Gasteiger partial charge in [0.25, 0.3) is 0 Å². The van der Waals surface area contributed by atoms with Gasteiger partial charge in [0.15, 0.2) is 0 Å². The molecular formula is C30H61N. The van der Waals surface area contributed by atoms with Gasteiger partial charge in [0.2, 0.25) is 0 Å². The molecule has 0 bridgehead atoms. The summed E-state index contributed by atoms with van der Waals surface area (Å²) in [5, 5.41) is 0. The molecule has 0 aliphatic heterocycles. The van der Waals surface area contributed by atoms with Gasteiger partial charge in [-0.2, -0.15) is 0 Å². The van der Waals surface area contributed by atoms with Crippen LogP contribution in [0, 0.1) is 0 Å². The van der Waals surface area contributed by atoms with E-state index in [1.54, 1.807) is 0 Å². The summed E-state index contributed by atoms with van der Waals surface area (Å²) in [6, 6.07) is 0.814. The van der Waals surface area contributed by atoms with E-state index in [0.29, 0.717) is 0 Å². The van der Waals surface area contributed by atoms with Crippen LogP contribution in [-0.4, -0.2) is 25.0 Å². The molecule has 1 unspecified atom stereocenters. The molecule has 0 rings (SSSR count). The lowest BCUT2D eigenvalue weighted by molar-refractivity contribution is 0.251. The van der Waals surface area contributed by atoms with Gasteiger partial charge in [0.05, 0.1) is 0 Å². The molecule has 0 aromatic heterocycles. The summed E-state index contributed by atoms with van der Waals surface area (Å²) in [4.78, 5) is 2.48. The molecular weight excluding hydrogens is 374 g/mol. The molecule has 31 heavy (non-hydrogen) atoms. The highest BCUT2D eigenvalue weighted by Crippen LogP contribution is 2.17. The Balaban J connectivity index is 3.39. The Morgan fingerprint density at radius 2 is 0.774 bits per heavy atom. The van der Waals surface area contributed by atoms with Crippen LogP contribution >= 0.6 is 0 Å². The maximum Gasteiger partial charge on any atom is 0.00891 e. The predicted molar refractivity (Wildman–Crippen MR) is 144 cm³/mol. The molecule has 0 heterocycles. The molecule has 1 nitrogen and oxygen atoms in total. The molecule has 1 atom stereocenters. The predicted octanol–water partition coefficient (Wildman–Crippen LogP) is 10.5. The van der Waals surface area contributed by atoms with Crippen molar-refractivity contribution in [1.82, 2.24) is 4.90 Å². The van der Waals surface area contributed by atoms with E-state index in [4.69, 9.17) is 0 Å². The zero-order valence-electron chi connectivity index (χ0n) is 22.4. The number of hydrogen-bond acceptors (Lipinski definition) is 1. The molecule has 0 aliphatic carbocycles. The Hall–Kier alpha value is -0.300. The Morgan fingerprint density at radius 1 is 0.452 bits per heavy atom. The molecule has 0 aromatic carbocycles. The average molecular weight is 436 g/mol. The summed E-state index contributed by atoms with van der Waals surface area (Å²) in [6.07, 6.45) is 37.4. The van der Waals surface area contributed by atoms with Gasteiger partial charge < -0.3 is 4.90 Å². The smallest absolute Gasteiger partial charge is 0.00891 e. The van der Waals surface area contributed by atoms with Crippen molar-refractivity contribution in [2.75, 3.05) is 14.1 Å². The second-order valence-electron chi connectivity index (χ2n) is 10.3. The molecule has 1 heteroatoms. The quantitative estimate of drug-likeness (QED) is 0.102. The van der Waals surface area contributed by atoms with E-state index in [2.05, 4.69) is 45.0 Å². The highest BCUT2D eigenvalue weighted by molar-refractivity contribution is 4.81. The summed E-state index contributed by atoms with van der Waals surface area (Å²) in [6.45, 7) is 4.60. The van der Waals surface area contributed by atoms with Crippen molar-refractivity contribution in [3.05, 3.63) is 12.2 Å². The van der Waals surface area contributed by atoms with Crippen LogP contribution in [0.2, 0.25) is 0 Å². The third-order valence-corrected chi connectivity index (χ3v) is 6.92. The highest BCUT2D eigenvalue weighted by Gasteiger charge is 2.10. The van der Waals surface area contributed by atoms with Crippen molar-refractivity contribution < 1.29 is 0 Å². The van der Waals surface area contributed by atoms with Crippen LogP contribution in [0.25, 0.3) is 0 Å².